The summed E-state index contributed by atoms with van der Waals surface area (Å²) < 4.78 is 13.5. The fourth-order valence-electron chi connectivity index (χ4n) is 5.24. The second-order valence-corrected chi connectivity index (χ2v) is 10.6. The number of amides is 1. The van der Waals surface area contributed by atoms with E-state index in [0.717, 1.165) is 53.1 Å². The minimum atomic E-state index is -0.279. The van der Waals surface area contributed by atoms with Crippen LogP contribution in [0.3, 0.4) is 0 Å². The maximum absolute atomic E-state index is 13.1. The van der Waals surface area contributed by atoms with Crippen LogP contribution in [0, 0.1) is 0 Å². The number of nitrogens with zero attached hydrogens (tertiary/aromatic N) is 2. The normalized spacial score (nSPS) is 13.9. The largest absolute Gasteiger partial charge is 0.494 e. The number of hydrogen-bond donors (Lipinski definition) is 2. The molecule has 2 heterocycles. The van der Waals surface area contributed by atoms with Crippen molar-refractivity contribution in [3.05, 3.63) is 66.6 Å². The molecule has 0 radical (unpaired) electrons. The van der Waals surface area contributed by atoms with E-state index < -0.39 is 0 Å². The van der Waals surface area contributed by atoms with Crippen molar-refractivity contribution in [3.8, 4) is 17.1 Å². The number of anilines is 1. The monoisotopic (exact) mass is 544 g/mol. The van der Waals surface area contributed by atoms with Crippen molar-refractivity contribution in [1.82, 2.24) is 14.9 Å². The number of benzene rings is 2. The molecular formula is C31H36N4O3S. The molecule has 1 aliphatic rings. The summed E-state index contributed by atoms with van der Waals surface area (Å²) in [5.74, 6) is 1.43. The van der Waals surface area contributed by atoms with E-state index in [4.69, 9.17) is 26.4 Å². The summed E-state index contributed by atoms with van der Waals surface area (Å²) in [6.45, 7) is 2.91. The van der Waals surface area contributed by atoms with Crippen molar-refractivity contribution in [3.63, 3.8) is 0 Å². The van der Waals surface area contributed by atoms with E-state index in [2.05, 4.69) is 22.1 Å². The minimum absolute atomic E-state index is 0.236. The summed E-state index contributed by atoms with van der Waals surface area (Å²) in [7, 11) is 0. The Morgan fingerprint density at radius 3 is 2.64 bits per heavy atom. The first-order chi connectivity index (χ1) is 19.1. The molecule has 7 nitrogen and oxygen atoms in total. The number of nitrogens with one attached hydrogen (secondary N) is 2. The molecule has 5 rings (SSSR count). The van der Waals surface area contributed by atoms with E-state index in [1.807, 2.05) is 48.5 Å². The summed E-state index contributed by atoms with van der Waals surface area (Å²) in [5, 5.41) is 6.11. The number of thiocarbonyl (C=S) groups is 1. The van der Waals surface area contributed by atoms with Gasteiger partial charge in [0.15, 0.2) is 5.11 Å². The minimum Gasteiger partial charge on any atom is -0.494 e. The van der Waals surface area contributed by atoms with Gasteiger partial charge in [0.2, 0.25) is 0 Å². The van der Waals surface area contributed by atoms with Crippen molar-refractivity contribution in [2.45, 2.75) is 70.8 Å². The molecule has 2 N–H and O–H groups in total. The molecule has 1 saturated carbocycles. The van der Waals surface area contributed by atoms with Gasteiger partial charge in [0.25, 0.3) is 5.91 Å². The second-order valence-electron chi connectivity index (χ2n) is 10.2. The highest BCUT2D eigenvalue weighted by atomic mass is 32.1. The SMILES string of the molecule is CCCCCCOc1ccc(NC(=S)NC(=O)c2ccc3c(c2)nc(-c2ccoc2)n3C2CCCCC2)cc1. The second kappa shape index (κ2) is 12.9. The van der Waals surface area contributed by atoms with Crippen molar-refractivity contribution < 1.29 is 13.9 Å². The first-order valence-corrected chi connectivity index (χ1v) is 14.4. The number of carbonyl (C=O) groups excluding carboxylic acids is 1. The Hall–Kier alpha value is -3.65. The van der Waals surface area contributed by atoms with E-state index in [9.17, 15) is 4.79 Å². The molecule has 2 aromatic heterocycles. The van der Waals surface area contributed by atoms with Gasteiger partial charge in [0.05, 0.1) is 29.5 Å². The van der Waals surface area contributed by atoms with Gasteiger partial charge in [-0.05, 0) is 80.0 Å². The van der Waals surface area contributed by atoms with Gasteiger partial charge in [-0.1, -0.05) is 45.4 Å². The van der Waals surface area contributed by atoms with Gasteiger partial charge in [-0.3, -0.25) is 10.1 Å². The summed E-state index contributed by atoms with van der Waals surface area (Å²) in [4.78, 5) is 18.0. The Bertz CT molecular complexity index is 1390. The Kier molecular flexibility index (Phi) is 8.93. The smallest absolute Gasteiger partial charge is 0.257 e. The number of ether oxygens (including phenoxy) is 1. The summed E-state index contributed by atoms with van der Waals surface area (Å²) in [6.07, 6.45) is 14.1. The highest BCUT2D eigenvalue weighted by Crippen LogP contribution is 2.36. The molecule has 0 spiro atoms. The summed E-state index contributed by atoms with van der Waals surface area (Å²) in [6, 6.07) is 15.6. The third kappa shape index (κ3) is 6.68. The Morgan fingerprint density at radius 2 is 1.90 bits per heavy atom. The van der Waals surface area contributed by atoms with Gasteiger partial charge in [-0.15, -0.1) is 0 Å². The van der Waals surface area contributed by atoms with Crippen LogP contribution in [0.2, 0.25) is 0 Å². The highest BCUT2D eigenvalue weighted by molar-refractivity contribution is 7.80. The van der Waals surface area contributed by atoms with E-state index in [1.54, 1.807) is 12.5 Å². The number of fused-ring (bicyclic) bond motifs is 1. The number of imidazole rings is 1. The molecule has 0 unspecified atom stereocenters. The van der Waals surface area contributed by atoms with Crippen LogP contribution in [0.15, 0.2) is 65.5 Å². The van der Waals surface area contributed by atoms with Crippen LogP contribution in [-0.2, 0) is 0 Å². The van der Waals surface area contributed by atoms with Gasteiger partial charge >= 0.3 is 0 Å². The zero-order valence-corrected chi connectivity index (χ0v) is 23.3. The lowest BCUT2D eigenvalue weighted by atomic mass is 9.95. The average Bonchev–Trinajstić information content (AvgIpc) is 3.62. The topological polar surface area (TPSA) is 81.3 Å². The van der Waals surface area contributed by atoms with Crippen molar-refractivity contribution >= 4 is 40.0 Å². The van der Waals surface area contributed by atoms with Gasteiger partial charge < -0.3 is 19.0 Å². The van der Waals surface area contributed by atoms with Gasteiger partial charge in [-0.2, -0.15) is 0 Å². The van der Waals surface area contributed by atoms with E-state index in [0.29, 0.717) is 18.2 Å². The molecule has 8 heteroatoms. The van der Waals surface area contributed by atoms with E-state index in [1.165, 1.54) is 38.5 Å². The third-order valence-electron chi connectivity index (χ3n) is 7.28. The van der Waals surface area contributed by atoms with Crippen molar-refractivity contribution in [2.24, 2.45) is 0 Å². The number of rotatable bonds is 10. The quantitative estimate of drug-likeness (QED) is 0.156. The lowest BCUT2D eigenvalue weighted by Gasteiger charge is -2.25. The lowest BCUT2D eigenvalue weighted by Crippen LogP contribution is -2.34. The van der Waals surface area contributed by atoms with Crippen LogP contribution in [-0.4, -0.2) is 27.2 Å². The molecule has 204 valence electrons. The molecule has 4 aromatic rings. The first-order valence-electron chi connectivity index (χ1n) is 14.0. The number of hydrogen-bond acceptors (Lipinski definition) is 5. The molecule has 0 bridgehead atoms. The molecule has 1 amide bonds. The highest BCUT2D eigenvalue weighted by Gasteiger charge is 2.23. The third-order valence-corrected chi connectivity index (χ3v) is 7.48. The predicted molar refractivity (Wildman–Crippen MR) is 159 cm³/mol. The maximum atomic E-state index is 13.1. The van der Waals surface area contributed by atoms with Crippen molar-refractivity contribution in [2.75, 3.05) is 11.9 Å². The van der Waals surface area contributed by atoms with Crippen LogP contribution in [0.4, 0.5) is 5.69 Å². The maximum Gasteiger partial charge on any atom is 0.257 e. The average molecular weight is 545 g/mol. The fraction of sp³-hybridized carbons (Fsp3) is 0.387. The molecule has 0 aliphatic heterocycles. The van der Waals surface area contributed by atoms with Crippen LogP contribution in [0.5, 0.6) is 5.75 Å². The van der Waals surface area contributed by atoms with Crippen LogP contribution in [0.1, 0.15) is 81.1 Å². The number of furan rings is 1. The number of aromatic nitrogens is 2. The molecule has 1 fully saturated rings. The van der Waals surface area contributed by atoms with Crippen LogP contribution >= 0.6 is 12.2 Å². The zero-order chi connectivity index (χ0) is 27.0. The van der Waals surface area contributed by atoms with Gasteiger partial charge in [0.1, 0.15) is 17.8 Å². The summed E-state index contributed by atoms with van der Waals surface area (Å²) in [5.41, 5.74) is 4.05. The molecule has 0 saturated heterocycles. The molecule has 0 atom stereocenters. The van der Waals surface area contributed by atoms with Gasteiger partial charge in [0, 0.05) is 17.3 Å². The zero-order valence-electron chi connectivity index (χ0n) is 22.4. The van der Waals surface area contributed by atoms with Crippen LogP contribution in [0.25, 0.3) is 22.4 Å². The number of carbonyl (C=O) groups is 1. The van der Waals surface area contributed by atoms with E-state index >= 15 is 0 Å². The Morgan fingerprint density at radius 1 is 1.08 bits per heavy atom. The lowest BCUT2D eigenvalue weighted by molar-refractivity contribution is 0.0978. The molecule has 39 heavy (non-hydrogen) atoms. The predicted octanol–water partition coefficient (Wildman–Crippen LogP) is 7.89. The van der Waals surface area contributed by atoms with Crippen molar-refractivity contribution in [1.29, 1.82) is 0 Å². The fourth-order valence-corrected chi connectivity index (χ4v) is 5.45. The summed E-state index contributed by atoms with van der Waals surface area (Å²) >= 11 is 5.41. The Balaban J connectivity index is 1.24. The van der Waals surface area contributed by atoms with E-state index in [-0.39, 0.29) is 11.0 Å². The Labute approximate surface area is 234 Å². The molecular weight excluding hydrogens is 508 g/mol. The van der Waals surface area contributed by atoms with Crippen LogP contribution < -0.4 is 15.4 Å². The molecule has 1 aliphatic carbocycles. The first kappa shape index (κ1) is 26.9. The number of unbranched alkanes of at least 4 members (excludes halogenated alkanes) is 3. The molecule has 2 aromatic carbocycles. The standard InChI is InChI=1S/C31H36N4O3S/c1-2-3-4-8-18-38-26-14-12-24(13-15-26)32-31(39)34-30(36)22-11-16-28-27(20-22)33-29(23-17-19-37-21-23)35(28)25-9-6-5-7-10-25/h11-17,19-21,25H,2-10,18H2,1H3,(H2,32,34,36,39). The van der Waals surface area contributed by atoms with Gasteiger partial charge in [-0.25, -0.2) is 4.98 Å².